The van der Waals surface area contributed by atoms with Crippen molar-refractivity contribution in [1.82, 2.24) is 19.6 Å². The van der Waals surface area contributed by atoms with Gasteiger partial charge in [0.2, 0.25) is 11.9 Å². The third kappa shape index (κ3) is 4.55. The van der Waals surface area contributed by atoms with Crippen molar-refractivity contribution in [2.75, 3.05) is 6.61 Å². The molecule has 0 saturated carbocycles. The van der Waals surface area contributed by atoms with E-state index >= 15 is 0 Å². The molecule has 5 rings (SSSR count). The third-order valence-corrected chi connectivity index (χ3v) is 5.84. The minimum atomic E-state index is -1.51. The van der Waals surface area contributed by atoms with Crippen LogP contribution in [0.5, 0.6) is 5.75 Å². The molecule has 0 amide bonds. The van der Waals surface area contributed by atoms with E-state index in [2.05, 4.69) is 20.1 Å². The van der Waals surface area contributed by atoms with Crippen molar-refractivity contribution < 1.29 is 29.9 Å². The van der Waals surface area contributed by atoms with Gasteiger partial charge in [0.15, 0.2) is 0 Å². The average molecular weight is 479 g/mol. The Bertz CT molecular complexity index is 1370. The lowest BCUT2D eigenvalue weighted by Crippen LogP contribution is -2.60. The molecule has 0 radical (unpaired) electrons. The number of fused-ring (bicyclic) bond motifs is 1. The van der Waals surface area contributed by atoms with Crippen molar-refractivity contribution in [3.05, 3.63) is 72.2 Å². The van der Waals surface area contributed by atoms with Crippen molar-refractivity contribution >= 4 is 11.3 Å². The second-order valence-electron chi connectivity index (χ2n) is 8.23. The molecule has 5 atom stereocenters. The van der Waals surface area contributed by atoms with E-state index in [1.807, 2.05) is 37.3 Å². The minimum Gasteiger partial charge on any atom is -0.462 e. The average Bonchev–Trinajstić information content (AvgIpc) is 3.21. The molecule has 0 aliphatic carbocycles. The third-order valence-electron chi connectivity index (χ3n) is 5.84. The molecule has 2 aromatic carbocycles. The van der Waals surface area contributed by atoms with Crippen molar-refractivity contribution in [3.63, 3.8) is 0 Å². The predicted octanol–water partition coefficient (Wildman–Crippen LogP) is 0.444. The summed E-state index contributed by atoms with van der Waals surface area (Å²) in [6.45, 7) is 1.41. The van der Waals surface area contributed by atoms with Crippen molar-refractivity contribution in [3.8, 4) is 16.9 Å². The van der Waals surface area contributed by atoms with Crippen LogP contribution >= 0.6 is 0 Å². The molecule has 0 spiro atoms. The number of aliphatic hydroxyl groups excluding tert-OH is 4. The van der Waals surface area contributed by atoms with Gasteiger partial charge in [-0.05, 0) is 36.8 Å². The van der Waals surface area contributed by atoms with Crippen LogP contribution < -0.4 is 10.4 Å². The maximum Gasteiger partial charge on any atom is 0.230 e. The molecule has 5 N–H and O–H groups in total. The van der Waals surface area contributed by atoms with Crippen molar-refractivity contribution in [1.29, 1.82) is 0 Å². The Morgan fingerprint density at radius 1 is 1.03 bits per heavy atom. The number of hydrogen-bond acceptors (Lipinski definition) is 9. The molecule has 35 heavy (non-hydrogen) atoms. The molecule has 182 valence electrons. The number of H-pyrrole nitrogens is 1. The number of aryl methyl sites for hydroxylation is 1. The first kappa shape index (κ1) is 23.1. The van der Waals surface area contributed by atoms with Gasteiger partial charge in [-0.2, -0.15) is 5.10 Å². The molecule has 11 heteroatoms. The monoisotopic (exact) mass is 479 g/mol. The zero-order chi connectivity index (χ0) is 24.5. The SMILES string of the molecule is Cc1nn2cn/c(=N/c3ccc(OC4OC(CO)C(O)C(O)C4O)cc3)[nH]c2c1-c1ccccc1. The molecular weight excluding hydrogens is 454 g/mol. The summed E-state index contributed by atoms with van der Waals surface area (Å²) in [7, 11) is 0. The number of aromatic nitrogens is 4. The molecule has 1 aliphatic rings. The highest BCUT2D eigenvalue weighted by Gasteiger charge is 2.44. The van der Waals surface area contributed by atoms with E-state index in [9.17, 15) is 20.4 Å². The van der Waals surface area contributed by atoms with Gasteiger partial charge in [-0.15, -0.1) is 0 Å². The number of aliphatic hydroxyl groups is 4. The summed E-state index contributed by atoms with van der Waals surface area (Å²) in [5.41, 5.74) is 4.61. The summed E-state index contributed by atoms with van der Waals surface area (Å²) >= 11 is 0. The van der Waals surface area contributed by atoms with Crippen LogP contribution in [0.4, 0.5) is 5.69 Å². The van der Waals surface area contributed by atoms with E-state index in [0.717, 1.165) is 22.5 Å². The molecule has 3 heterocycles. The van der Waals surface area contributed by atoms with Gasteiger partial charge in [0.25, 0.3) is 0 Å². The molecule has 11 nitrogen and oxygen atoms in total. The van der Waals surface area contributed by atoms with Crippen molar-refractivity contribution in [2.24, 2.45) is 4.99 Å². The molecule has 5 unspecified atom stereocenters. The first-order valence-corrected chi connectivity index (χ1v) is 11.1. The topological polar surface area (TPSA) is 158 Å². The summed E-state index contributed by atoms with van der Waals surface area (Å²) in [4.78, 5) is 12.1. The van der Waals surface area contributed by atoms with E-state index in [1.54, 1.807) is 35.1 Å². The first-order valence-electron chi connectivity index (χ1n) is 11.1. The highest BCUT2D eigenvalue weighted by molar-refractivity contribution is 5.79. The lowest BCUT2D eigenvalue weighted by molar-refractivity contribution is -0.277. The molecule has 1 fully saturated rings. The molecule has 1 saturated heterocycles. The maximum atomic E-state index is 10.1. The van der Waals surface area contributed by atoms with Gasteiger partial charge >= 0.3 is 0 Å². The maximum absolute atomic E-state index is 10.1. The first-order chi connectivity index (χ1) is 16.9. The number of nitrogens with zero attached hydrogens (tertiary/aromatic N) is 4. The van der Waals surface area contributed by atoms with Crippen LogP contribution in [0.1, 0.15) is 5.69 Å². The number of hydrogen-bond donors (Lipinski definition) is 5. The Morgan fingerprint density at radius 2 is 1.77 bits per heavy atom. The summed E-state index contributed by atoms with van der Waals surface area (Å²) < 4.78 is 12.7. The lowest BCUT2D eigenvalue weighted by atomic mass is 9.99. The Balaban J connectivity index is 1.39. The van der Waals surface area contributed by atoms with Crippen LogP contribution in [0.3, 0.4) is 0 Å². The van der Waals surface area contributed by atoms with Gasteiger partial charge in [0.05, 0.1) is 18.0 Å². The Hall–Kier alpha value is -3.61. The van der Waals surface area contributed by atoms with Crippen LogP contribution in [0, 0.1) is 6.92 Å². The fourth-order valence-corrected chi connectivity index (χ4v) is 4.03. The molecule has 0 bridgehead atoms. The van der Waals surface area contributed by atoms with E-state index in [-0.39, 0.29) is 0 Å². The fourth-order valence-electron chi connectivity index (χ4n) is 4.03. The van der Waals surface area contributed by atoms with Gasteiger partial charge in [0, 0.05) is 5.56 Å². The molecular formula is C24H25N5O6. The Morgan fingerprint density at radius 3 is 2.49 bits per heavy atom. The standard InChI is InChI=1S/C24H25N5O6/c1-13-18(14-5-3-2-4-6-14)22-27-24(25-12-29(22)28-13)26-15-7-9-16(10-8-15)34-23-21(33)20(32)19(31)17(11-30)35-23/h2-10,12,17,19-21,23,30-33H,11H2,1H3,(H,26,27). The van der Waals surface area contributed by atoms with Crippen LogP contribution in [0.2, 0.25) is 0 Å². The smallest absolute Gasteiger partial charge is 0.230 e. The van der Waals surface area contributed by atoms with E-state index in [0.29, 0.717) is 17.1 Å². The van der Waals surface area contributed by atoms with E-state index in [4.69, 9.17) is 9.47 Å². The highest BCUT2D eigenvalue weighted by atomic mass is 16.7. The lowest BCUT2D eigenvalue weighted by Gasteiger charge is -2.39. The summed E-state index contributed by atoms with van der Waals surface area (Å²) in [5.74, 6) is 0.346. The number of rotatable bonds is 5. The fraction of sp³-hybridized carbons (Fsp3) is 0.292. The van der Waals surface area contributed by atoms with Gasteiger partial charge < -0.3 is 34.9 Å². The van der Waals surface area contributed by atoms with Gasteiger partial charge in [0.1, 0.15) is 42.1 Å². The highest BCUT2D eigenvalue weighted by Crippen LogP contribution is 2.27. The van der Waals surface area contributed by atoms with Gasteiger partial charge in [-0.25, -0.2) is 14.5 Å². The second kappa shape index (κ2) is 9.56. The zero-order valence-electron chi connectivity index (χ0n) is 18.8. The van der Waals surface area contributed by atoms with Crippen LogP contribution in [-0.4, -0.2) is 77.3 Å². The number of aromatic amines is 1. The molecule has 1 aliphatic heterocycles. The van der Waals surface area contributed by atoms with Crippen molar-refractivity contribution in [2.45, 2.75) is 37.6 Å². The van der Waals surface area contributed by atoms with E-state index < -0.39 is 37.3 Å². The quantitative estimate of drug-likeness (QED) is 0.276. The molecule has 2 aromatic heterocycles. The van der Waals surface area contributed by atoms with Crippen LogP contribution in [-0.2, 0) is 4.74 Å². The van der Waals surface area contributed by atoms with Gasteiger partial charge in [-0.1, -0.05) is 30.3 Å². The van der Waals surface area contributed by atoms with Gasteiger partial charge in [-0.3, -0.25) is 0 Å². The predicted molar refractivity (Wildman–Crippen MR) is 124 cm³/mol. The summed E-state index contributed by atoms with van der Waals surface area (Å²) in [6.07, 6.45) is -5.14. The number of ether oxygens (including phenoxy) is 2. The Labute approximate surface area is 199 Å². The zero-order valence-corrected chi connectivity index (χ0v) is 18.8. The van der Waals surface area contributed by atoms with Crippen LogP contribution in [0.15, 0.2) is 65.9 Å². The minimum absolute atomic E-state index is 0.346. The normalized spacial score (nSPS) is 25.2. The molecule has 4 aromatic rings. The van der Waals surface area contributed by atoms with E-state index in [1.165, 1.54) is 0 Å². The summed E-state index contributed by atoms with van der Waals surface area (Å²) in [5, 5.41) is 43.8. The number of benzene rings is 2. The largest absolute Gasteiger partial charge is 0.462 e. The van der Waals surface area contributed by atoms with Crippen LogP contribution in [0.25, 0.3) is 16.8 Å². The Kier molecular flexibility index (Phi) is 6.32. The number of nitrogens with one attached hydrogen (secondary N) is 1. The second-order valence-corrected chi connectivity index (χ2v) is 8.23. The summed E-state index contributed by atoms with van der Waals surface area (Å²) in [6, 6.07) is 16.6.